The maximum absolute atomic E-state index is 15.1. The van der Waals surface area contributed by atoms with Crippen molar-refractivity contribution in [3.8, 4) is 28.0 Å². The summed E-state index contributed by atoms with van der Waals surface area (Å²) in [7, 11) is 1.57. The van der Waals surface area contributed by atoms with E-state index in [-0.39, 0.29) is 11.9 Å². The van der Waals surface area contributed by atoms with E-state index in [1.54, 1.807) is 31.8 Å². The van der Waals surface area contributed by atoms with Crippen molar-refractivity contribution in [2.45, 2.75) is 38.6 Å². The van der Waals surface area contributed by atoms with E-state index in [1.165, 1.54) is 6.07 Å². The largest absolute Gasteiger partial charge is 0.492 e. The third kappa shape index (κ3) is 3.06. The highest BCUT2D eigenvalue weighted by molar-refractivity contribution is 5.91. The molecule has 5 aromatic rings. The molecule has 33 heavy (non-hydrogen) atoms. The number of fused-ring (bicyclic) bond motifs is 2. The first kappa shape index (κ1) is 19.8. The third-order valence-electron chi connectivity index (χ3n) is 6.19. The van der Waals surface area contributed by atoms with E-state index in [2.05, 4.69) is 39.2 Å². The van der Waals surface area contributed by atoms with Gasteiger partial charge in [-0.3, -0.25) is 4.40 Å². The number of benzene rings is 1. The summed E-state index contributed by atoms with van der Waals surface area (Å²) in [6, 6.07) is 7.04. The van der Waals surface area contributed by atoms with Gasteiger partial charge in [0.05, 0.1) is 19.6 Å². The van der Waals surface area contributed by atoms with Gasteiger partial charge in [-0.05, 0) is 50.5 Å². The lowest BCUT2D eigenvalue weighted by Gasteiger charge is -2.13. The topological polar surface area (TPSA) is 83.0 Å². The van der Waals surface area contributed by atoms with Crippen molar-refractivity contribution in [2.24, 2.45) is 0 Å². The van der Waals surface area contributed by atoms with E-state index >= 15 is 4.39 Å². The molecule has 8 nitrogen and oxygen atoms in total. The summed E-state index contributed by atoms with van der Waals surface area (Å²) in [6.07, 6.45) is 7.55. The molecule has 6 rings (SSSR count). The maximum Gasteiger partial charge on any atom is 0.203 e. The molecule has 0 aliphatic heterocycles. The van der Waals surface area contributed by atoms with Crippen LogP contribution in [0.1, 0.15) is 44.5 Å². The fourth-order valence-corrected chi connectivity index (χ4v) is 4.32. The van der Waals surface area contributed by atoms with Gasteiger partial charge in [0, 0.05) is 34.8 Å². The van der Waals surface area contributed by atoms with Gasteiger partial charge in [0.1, 0.15) is 17.2 Å². The number of hydrogen-bond donors (Lipinski definition) is 0. The first-order valence-corrected chi connectivity index (χ1v) is 11.0. The van der Waals surface area contributed by atoms with Crippen LogP contribution in [0.25, 0.3) is 39.1 Å². The Labute approximate surface area is 189 Å². The molecule has 4 heterocycles. The van der Waals surface area contributed by atoms with Crippen LogP contribution in [-0.2, 0) is 0 Å². The van der Waals surface area contributed by atoms with Gasteiger partial charge in [-0.15, -0.1) is 15.3 Å². The van der Waals surface area contributed by atoms with Crippen LogP contribution in [0.5, 0.6) is 5.75 Å². The minimum Gasteiger partial charge on any atom is -0.492 e. The van der Waals surface area contributed by atoms with Crippen LogP contribution in [0.15, 0.2) is 43.0 Å². The number of pyridine rings is 1. The zero-order valence-corrected chi connectivity index (χ0v) is 18.5. The van der Waals surface area contributed by atoms with E-state index in [1.807, 2.05) is 21.2 Å². The van der Waals surface area contributed by atoms with Crippen LogP contribution in [0.2, 0.25) is 0 Å². The first-order valence-electron chi connectivity index (χ1n) is 11.0. The third-order valence-corrected chi connectivity index (χ3v) is 6.19. The van der Waals surface area contributed by atoms with Gasteiger partial charge in [0.25, 0.3) is 0 Å². The average molecular weight is 443 g/mol. The molecule has 0 spiro atoms. The predicted octanol–water partition coefficient (Wildman–Crippen LogP) is 4.81. The Kier molecular flexibility index (Phi) is 4.39. The predicted molar refractivity (Wildman–Crippen MR) is 122 cm³/mol. The molecule has 0 unspecified atom stereocenters. The number of aromatic nitrogens is 7. The molecule has 0 radical (unpaired) electrons. The molecule has 1 fully saturated rings. The van der Waals surface area contributed by atoms with E-state index in [4.69, 9.17) is 4.74 Å². The molecular weight excluding hydrogens is 421 g/mol. The van der Waals surface area contributed by atoms with Crippen molar-refractivity contribution in [3.05, 3.63) is 54.6 Å². The summed E-state index contributed by atoms with van der Waals surface area (Å²) < 4.78 is 24.7. The Bertz CT molecular complexity index is 1520. The summed E-state index contributed by atoms with van der Waals surface area (Å²) >= 11 is 0. The van der Waals surface area contributed by atoms with Crippen molar-refractivity contribution < 1.29 is 9.13 Å². The van der Waals surface area contributed by atoms with Crippen molar-refractivity contribution >= 4 is 16.8 Å². The molecule has 0 bridgehead atoms. The standard InChI is InChI=1S/C24H22FN7O/c1-13(2)32-12-26-20-18(11-27-28-23(20)32)15-6-7-19(25)17(10-15)16-8-9-31-22(14-4-5-14)29-30-24(31)21(16)33-3/h6-14H,4-5H2,1-3H3. The molecule has 4 aromatic heterocycles. The van der Waals surface area contributed by atoms with Gasteiger partial charge in [-0.1, -0.05) is 6.07 Å². The molecule has 0 saturated heterocycles. The van der Waals surface area contributed by atoms with Crippen LogP contribution >= 0.6 is 0 Å². The Morgan fingerprint density at radius 3 is 2.64 bits per heavy atom. The average Bonchev–Trinajstić information content (AvgIpc) is 3.41. The van der Waals surface area contributed by atoms with Crippen LogP contribution in [0.4, 0.5) is 4.39 Å². The Hall–Kier alpha value is -3.88. The van der Waals surface area contributed by atoms with Gasteiger partial charge >= 0.3 is 0 Å². The number of nitrogens with zero attached hydrogens (tertiary/aromatic N) is 7. The van der Waals surface area contributed by atoms with Gasteiger partial charge < -0.3 is 9.30 Å². The van der Waals surface area contributed by atoms with Gasteiger partial charge in [-0.2, -0.15) is 5.10 Å². The molecule has 1 saturated carbocycles. The van der Waals surface area contributed by atoms with Gasteiger partial charge in [0.15, 0.2) is 11.4 Å². The van der Waals surface area contributed by atoms with Crippen LogP contribution in [0, 0.1) is 5.82 Å². The number of halogens is 1. The Morgan fingerprint density at radius 2 is 1.88 bits per heavy atom. The summed E-state index contributed by atoms with van der Waals surface area (Å²) in [5.74, 6) is 1.50. The summed E-state index contributed by atoms with van der Waals surface area (Å²) in [4.78, 5) is 4.56. The molecule has 1 aliphatic rings. The SMILES string of the molecule is COc1c(-c2cc(-c3cnnc4c3ncn4C(C)C)ccc2F)ccn2c(C3CC3)nnc12. The number of imidazole rings is 1. The van der Waals surface area contributed by atoms with Crippen molar-refractivity contribution in [2.75, 3.05) is 7.11 Å². The van der Waals surface area contributed by atoms with Gasteiger partial charge in [-0.25, -0.2) is 9.37 Å². The summed E-state index contributed by atoms with van der Waals surface area (Å²) in [6.45, 7) is 4.13. The number of rotatable bonds is 5. The Balaban J connectivity index is 1.52. The van der Waals surface area contributed by atoms with Crippen LogP contribution in [-0.4, -0.2) is 41.5 Å². The molecule has 0 amide bonds. The van der Waals surface area contributed by atoms with E-state index in [9.17, 15) is 0 Å². The molecule has 1 aliphatic carbocycles. The molecular formula is C24H22FN7O. The second-order valence-electron chi connectivity index (χ2n) is 8.66. The second-order valence-corrected chi connectivity index (χ2v) is 8.66. The number of hydrogen-bond acceptors (Lipinski definition) is 6. The molecule has 9 heteroatoms. The molecule has 0 N–H and O–H groups in total. The smallest absolute Gasteiger partial charge is 0.203 e. The van der Waals surface area contributed by atoms with E-state index in [0.717, 1.165) is 35.3 Å². The molecule has 0 atom stereocenters. The van der Waals surface area contributed by atoms with Crippen LogP contribution in [0.3, 0.4) is 0 Å². The summed E-state index contributed by atoms with van der Waals surface area (Å²) in [5, 5.41) is 17.1. The minimum absolute atomic E-state index is 0.197. The fourth-order valence-electron chi connectivity index (χ4n) is 4.32. The highest BCUT2D eigenvalue weighted by Gasteiger charge is 2.30. The minimum atomic E-state index is -0.352. The van der Waals surface area contributed by atoms with Crippen LogP contribution < -0.4 is 4.74 Å². The zero-order chi connectivity index (χ0) is 22.7. The maximum atomic E-state index is 15.1. The summed E-state index contributed by atoms with van der Waals surface area (Å²) in [5.41, 5.74) is 4.63. The monoisotopic (exact) mass is 443 g/mol. The highest BCUT2D eigenvalue weighted by atomic mass is 19.1. The number of methoxy groups -OCH3 is 1. The Morgan fingerprint density at radius 1 is 1.03 bits per heavy atom. The number of ether oxygens (including phenoxy) is 1. The fraction of sp³-hybridized carbons (Fsp3) is 0.292. The molecule has 1 aromatic carbocycles. The zero-order valence-electron chi connectivity index (χ0n) is 18.5. The van der Waals surface area contributed by atoms with Crippen molar-refractivity contribution in [1.82, 2.24) is 34.3 Å². The van der Waals surface area contributed by atoms with Gasteiger partial charge in [0.2, 0.25) is 5.65 Å². The highest BCUT2D eigenvalue weighted by Crippen LogP contribution is 2.42. The normalized spacial score (nSPS) is 14.0. The van der Waals surface area contributed by atoms with Crippen molar-refractivity contribution in [1.29, 1.82) is 0 Å². The quantitative estimate of drug-likeness (QED) is 0.388. The van der Waals surface area contributed by atoms with E-state index in [0.29, 0.717) is 34.1 Å². The second kappa shape index (κ2) is 7.33. The first-order chi connectivity index (χ1) is 16.1. The lowest BCUT2D eigenvalue weighted by atomic mass is 9.99. The molecule has 166 valence electrons. The van der Waals surface area contributed by atoms with E-state index < -0.39 is 0 Å². The van der Waals surface area contributed by atoms with Crippen molar-refractivity contribution in [3.63, 3.8) is 0 Å². The lowest BCUT2D eigenvalue weighted by molar-refractivity contribution is 0.418. The lowest BCUT2D eigenvalue weighted by Crippen LogP contribution is -2.01.